The molecule has 0 fully saturated rings. The third-order valence-electron chi connectivity index (χ3n) is 22.1. The van der Waals surface area contributed by atoms with Crippen LogP contribution in [-0.2, 0) is 0 Å². The predicted octanol–water partition coefficient (Wildman–Crippen LogP) is 27.7. The van der Waals surface area contributed by atoms with Gasteiger partial charge in [0.25, 0.3) is 0 Å². The summed E-state index contributed by atoms with van der Waals surface area (Å²) in [6.45, 7) is 0. The second-order valence-corrected chi connectivity index (χ2v) is 30.1. The van der Waals surface area contributed by atoms with Crippen LogP contribution in [0.4, 0.5) is 0 Å². The van der Waals surface area contributed by atoms with Crippen LogP contribution in [0.1, 0.15) is 16.7 Å². The Morgan fingerprint density at radius 3 is 0.611 bits per heavy atom. The fraction of sp³-hybridized carbons (Fsp3) is 0. The van der Waals surface area contributed by atoms with Crippen LogP contribution in [0.5, 0.6) is 0 Å². The van der Waals surface area contributed by atoms with Gasteiger partial charge in [0.15, 0.2) is 52.4 Å². The maximum absolute atomic E-state index is 9.86. The summed E-state index contributed by atoms with van der Waals surface area (Å²) in [5, 5.41) is 35.6. The first-order valence-corrected chi connectivity index (χ1v) is 41.3. The number of nitrogens with zero attached hydrogens (tertiary/aromatic N) is 12. The van der Waals surface area contributed by atoms with Gasteiger partial charge in [-0.15, -0.1) is 0 Å². The van der Waals surface area contributed by atoms with E-state index >= 15 is 0 Å². The Kier molecular flexibility index (Phi) is 22.3. The summed E-state index contributed by atoms with van der Waals surface area (Å²) in [5.74, 6) is 5.68. The van der Waals surface area contributed by atoms with Crippen molar-refractivity contribution in [2.24, 2.45) is 0 Å². The number of aromatic nitrogens is 9. The van der Waals surface area contributed by atoms with Crippen molar-refractivity contribution in [3.63, 3.8) is 0 Å². The minimum Gasteiger partial charge on any atom is -0.208 e. The molecule has 21 aromatic rings. The third-order valence-corrected chi connectivity index (χ3v) is 22.1. The second kappa shape index (κ2) is 36.0. The van der Waals surface area contributed by atoms with Crippen molar-refractivity contribution in [3.8, 4) is 187 Å². The molecule has 21 rings (SSSR count). The summed E-state index contributed by atoms with van der Waals surface area (Å²) in [6.07, 6.45) is 0. The van der Waals surface area contributed by atoms with Crippen molar-refractivity contribution < 1.29 is 0 Å². The van der Waals surface area contributed by atoms with Crippen molar-refractivity contribution in [1.82, 2.24) is 44.9 Å². The average molecular weight is 1610 g/mol. The minimum atomic E-state index is 0.614. The lowest BCUT2D eigenvalue weighted by Gasteiger charge is -2.14. The molecule has 0 spiro atoms. The van der Waals surface area contributed by atoms with Gasteiger partial charge in [-0.3, -0.25) is 0 Å². The van der Waals surface area contributed by atoms with E-state index in [0.717, 1.165) is 138 Å². The Hall–Kier alpha value is -17.8. The normalized spacial score (nSPS) is 10.8. The molecule has 0 N–H and O–H groups in total. The molecule has 12 heteroatoms. The molecule has 0 aliphatic heterocycles. The molecule has 0 saturated heterocycles. The molecule has 3 aromatic heterocycles. The van der Waals surface area contributed by atoms with E-state index in [-0.39, 0.29) is 0 Å². The van der Waals surface area contributed by atoms with Crippen LogP contribution < -0.4 is 0 Å². The van der Waals surface area contributed by atoms with Crippen LogP contribution in [0.3, 0.4) is 0 Å². The fourth-order valence-corrected chi connectivity index (χ4v) is 15.6. The summed E-state index contributed by atoms with van der Waals surface area (Å²) in [6, 6.07) is 154. The number of benzene rings is 18. The summed E-state index contributed by atoms with van der Waals surface area (Å²) < 4.78 is 0. The van der Waals surface area contributed by atoms with Crippen molar-refractivity contribution in [2.75, 3.05) is 0 Å². The summed E-state index contributed by atoms with van der Waals surface area (Å²) in [5.41, 5.74) is 23.0. The Morgan fingerprint density at radius 2 is 0.341 bits per heavy atom. The topological polar surface area (TPSA) is 187 Å². The van der Waals surface area contributed by atoms with Crippen LogP contribution in [0, 0.1) is 34.0 Å². The summed E-state index contributed by atoms with van der Waals surface area (Å²) in [7, 11) is 0. The quantitative estimate of drug-likeness (QED) is 0.0946. The number of hydrogen-bond acceptors (Lipinski definition) is 12. The molecule has 18 aromatic carbocycles. The molecular formula is C114H72N12. The van der Waals surface area contributed by atoms with Crippen LogP contribution in [0.15, 0.2) is 437 Å². The highest BCUT2D eigenvalue weighted by atomic mass is 15.1. The Labute approximate surface area is 729 Å². The van der Waals surface area contributed by atoms with Gasteiger partial charge in [0.2, 0.25) is 0 Å². The van der Waals surface area contributed by atoms with Gasteiger partial charge in [0, 0.05) is 55.6 Å². The molecule has 0 radical (unpaired) electrons. The molecule has 0 amide bonds. The van der Waals surface area contributed by atoms with E-state index in [9.17, 15) is 15.8 Å². The van der Waals surface area contributed by atoms with E-state index in [1.54, 1.807) is 0 Å². The Balaban J connectivity index is 0.000000123. The first-order chi connectivity index (χ1) is 62.3. The molecule has 12 nitrogen and oxygen atoms in total. The van der Waals surface area contributed by atoms with Gasteiger partial charge >= 0.3 is 0 Å². The van der Waals surface area contributed by atoms with Crippen molar-refractivity contribution in [1.29, 1.82) is 15.8 Å². The zero-order valence-electron chi connectivity index (χ0n) is 67.9. The molecule has 3 heterocycles. The van der Waals surface area contributed by atoms with Gasteiger partial charge in [-0.2, -0.15) is 15.8 Å². The van der Waals surface area contributed by atoms with Gasteiger partial charge in [0.1, 0.15) is 0 Å². The van der Waals surface area contributed by atoms with Gasteiger partial charge < -0.3 is 0 Å². The first kappa shape index (κ1) is 78.1. The molecule has 0 bridgehead atoms. The molecule has 126 heavy (non-hydrogen) atoms. The van der Waals surface area contributed by atoms with Crippen molar-refractivity contribution in [2.45, 2.75) is 0 Å². The largest absolute Gasteiger partial charge is 0.208 e. The van der Waals surface area contributed by atoms with Crippen LogP contribution >= 0.6 is 0 Å². The van der Waals surface area contributed by atoms with E-state index in [0.29, 0.717) is 69.1 Å². The monoisotopic (exact) mass is 1610 g/mol. The Morgan fingerprint density at radius 1 is 0.135 bits per heavy atom. The standard InChI is InChI=1S/3C38H24N4/c39-25-26-10-9-17-33(22-26)35-24-32-16-8-7-15-31(32)23-34(35)27-18-20-30(21-19-27)38-41-36(28-11-3-1-4-12-28)40-37(42-38)29-13-5-2-6-14-29;39-25-32-17-9-10-18-33(32)35-24-31-16-8-7-15-30(31)23-34(35)26-19-21-29(22-20-26)38-41-36(27-11-3-1-4-12-27)40-37(42-38)28-13-5-2-6-14-28;39-25-26-15-17-27(18-16-26)34-23-32-13-7-8-14-33(32)24-35(34)28-19-21-31(22-20-28)38-41-36(29-9-3-1-4-10-29)40-37(42-38)30-11-5-2-6-12-30/h3*1-24H. The predicted molar refractivity (Wildman–Crippen MR) is 508 cm³/mol. The molecule has 0 aliphatic rings. The maximum atomic E-state index is 9.86. The van der Waals surface area contributed by atoms with E-state index in [2.05, 4.69) is 194 Å². The maximum Gasteiger partial charge on any atom is 0.164 e. The third kappa shape index (κ3) is 17.1. The highest BCUT2D eigenvalue weighted by molar-refractivity contribution is 6.00. The number of hydrogen-bond donors (Lipinski definition) is 0. The zero-order chi connectivity index (χ0) is 84.9. The fourth-order valence-electron chi connectivity index (χ4n) is 15.6. The van der Waals surface area contributed by atoms with E-state index in [1.165, 1.54) is 10.8 Å². The molecule has 0 saturated carbocycles. The zero-order valence-corrected chi connectivity index (χ0v) is 67.9. The lowest BCUT2D eigenvalue weighted by Crippen LogP contribution is -2.00. The number of fused-ring (bicyclic) bond motifs is 3. The van der Waals surface area contributed by atoms with E-state index < -0.39 is 0 Å². The van der Waals surface area contributed by atoms with Crippen LogP contribution in [0.2, 0.25) is 0 Å². The van der Waals surface area contributed by atoms with Gasteiger partial charge in [0.05, 0.1) is 34.9 Å². The minimum absolute atomic E-state index is 0.614. The lowest BCUT2D eigenvalue weighted by atomic mass is 9.89. The first-order valence-electron chi connectivity index (χ1n) is 41.3. The number of rotatable bonds is 15. The molecule has 0 atom stereocenters. The van der Waals surface area contributed by atoms with Gasteiger partial charge in [-0.25, -0.2) is 44.9 Å². The number of nitriles is 3. The molecule has 0 unspecified atom stereocenters. The van der Waals surface area contributed by atoms with Crippen LogP contribution in [-0.4, -0.2) is 44.9 Å². The lowest BCUT2D eigenvalue weighted by molar-refractivity contribution is 1.07. The SMILES string of the molecule is N#Cc1ccc(-c2cc3ccccc3cc2-c2ccc(-c3nc(-c4ccccc4)nc(-c4ccccc4)n3)cc2)cc1.N#Cc1cccc(-c2cc3ccccc3cc2-c2ccc(-c3nc(-c4ccccc4)nc(-c4ccccc4)n3)cc2)c1.N#Cc1ccccc1-c1cc2ccccc2cc1-c1ccc(-c2nc(-c3ccccc3)nc(-c3ccccc3)n2)cc1. The van der Waals surface area contributed by atoms with Gasteiger partial charge in [-0.1, -0.05) is 370 Å². The second-order valence-electron chi connectivity index (χ2n) is 30.1. The highest BCUT2D eigenvalue weighted by Gasteiger charge is 2.21. The molecule has 588 valence electrons. The smallest absolute Gasteiger partial charge is 0.164 e. The van der Waals surface area contributed by atoms with Gasteiger partial charge in [-0.05, 0) is 160 Å². The van der Waals surface area contributed by atoms with Crippen molar-refractivity contribution in [3.05, 3.63) is 453 Å². The van der Waals surface area contributed by atoms with Crippen molar-refractivity contribution >= 4 is 32.3 Å². The molecule has 0 aliphatic carbocycles. The summed E-state index contributed by atoms with van der Waals surface area (Å²) >= 11 is 0. The van der Waals surface area contributed by atoms with Crippen LogP contribution in [0.25, 0.3) is 202 Å². The van der Waals surface area contributed by atoms with E-state index in [1.807, 2.05) is 261 Å². The summed E-state index contributed by atoms with van der Waals surface area (Å²) in [4.78, 5) is 43.7. The highest BCUT2D eigenvalue weighted by Crippen LogP contribution is 2.42. The Bertz CT molecular complexity index is 7500. The van der Waals surface area contributed by atoms with E-state index in [4.69, 9.17) is 44.9 Å². The molecular weight excluding hydrogens is 1540 g/mol. The average Bonchev–Trinajstić information content (AvgIpc) is 0.781.